The molecule has 1 unspecified atom stereocenters. The van der Waals surface area contributed by atoms with Crippen LogP contribution in [-0.4, -0.2) is 24.9 Å². The van der Waals surface area contributed by atoms with E-state index in [2.05, 4.69) is 0 Å². The van der Waals surface area contributed by atoms with Crippen molar-refractivity contribution in [1.82, 2.24) is 0 Å². The first kappa shape index (κ1) is 15.3. The van der Waals surface area contributed by atoms with Crippen molar-refractivity contribution in [3.05, 3.63) is 53.6 Å². The molecule has 1 N–H and O–H groups in total. The van der Waals surface area contributed by atoms with E-state index in [9.17, 15) is 14.3 Å². The SMILES string of the molecule is COc1cccc(OC)c1C(=O)c1ccccc1[PH](=O)O. The Morgan fingerprint density at radius 2 is 1.57 bits per heavy atom. The molecule has 0 saturated heterocycles. The molecule has 0 aliphatic heterocycles. The van der Waals surface area contributed by atoms with Gasteiger partial charge < -0.3 is 14.4 Å². The summed E-state index contributed by atoms with van der Waals surface area (Å²) < 4.78 is 21.8. The number of carbonyl (C=O) groups is 1. The number of ketones is 1. The van der Waals surface area contributed by atoms with Gasteiger partial charge in [-0.15, -0.1) is 0 Å². The lowest BCUT2D eigenvalue weighted by Gasteiger charge is -2.13. The Labute approximate surface area is 123 Å². The molecule has 0 aromatic heterocycles. The Kier molecular flexibility index (Phi) is 4.78. The third-order valence-electron chi connectivity index (χ3n) is 3.06. The molecule has 1 atom stereocenters. The maximum absolute atomic E-state index is 12.7. The number of rotatable bonds is 5. The van der Waals surface area contributed by atoms with Crippen LogP contribution in [-0.2, 0) is 4.57 Å². The van der Waals surface area contributed by atoms with Gasteiger partial charge in [0.25, 0.3) is 0 Å². The molecule has 0 saturated carbocycles. The fourth-order valence-electron chi connectivity index (χ4n) is 2.08. The van der Waals surface area contributed by atoms with Gasteiger partial charge in [-0.25, -0.2) is 0 Å². The number of methoxy groups -OCH3 is 2. The third-order valence-corrected chi connectivity index (χ3v) is 3.95. The van der Waals surface area contributed by atoms with Gasteiger partial charge in [0.2, 0.25) is 13.8 Å². The second kappa shape index (κ2) is 6.57. The first-order valence-corrected chi connectivity index (χ1v) is 7.53. The monoisotopic (exact) mass is 306 g/mol. The topological polar surface area (TPSA) is 72.8 Å². The van der Waals surface area contributed by atoms with Crippen molar-refractivity contribution in [3.8, 4) is 11.5 Å². The highest BCUT2D eigenvalue weighted by molar-refractivity contribution is 7.47. The minimum atomic E-state index is -2.98. The molecule has 0 aliphatic rings. The van der Waals surface area contributed by atoms with Gasteiger partial charge in [-0.3, -0.25) is 9.36 Å². The summed E-state index contributed by atoms with van der Waals surface area (Å²) in [6.45, 7) is 0. The maximum Gasteiger partial charge on any atom is 0.218 e. The van der Waals surface area contributed by atoms with Crippen LogP contribution in [0.15, 0.2) is 42.5 Å². The van der Waals surface area contributed by atoms with Gasteiger partial charge in [-0.05, 0) is 18.2 Å². The van der Waals surface area contributed by atoms with Crippen LogP contribution in [0, 0.1) is 0 Å². The summed E-state index contributed by atoms with van der Waals surface area (Å²) in [5.41, 5.74) is 0.407. The van der Waals surface area contributed by atoms with Gasteiger partial charge in [0.1, 0.15) is 17.1 Å². The Morgan fingerprint density at radius 1 is 1.00 bits per heavy atom. The standard InChI is InChI=1S/C15H15O5P/c1-19-11-7-5-8-12(20-2)14(11)15(16)10-6-3-4-9-13(10)21(17)18/h3-9,21H,1-2H3,(H,17,18). The largest absolute Gasteiger partial charge is 0.496 e. The van der Waals surface area contributed by atoms with E-state index >= 15 is 0 Å². The summed E-state index contributed by atoms with van der Waals surface area (Å²) in [5, 5.41) is 0.125. The van der Waals surface area contributed by atoms with Crippen LogP contribution >= 0.6 is 8.03 Å². The highest BCUT2D eigenvalue weighted by Gasteiger charge is 2.23. The first-order chi connectivity index (χ1) is 10.1. The minimum Gasteiger partial charge on any atom is -0.496 e. The van der Waals surface area contributed by atoms with E-state index in [1.54, 1.807) is 30.3 Å². The molecule has 2 rings (SSSR count). The van der Waals surface area contributed by atoms with Crippen molar-refractivity contribution in [2.75, 3.05) is 14.2 Å². The molecule has 0 aliphatic carbocycles. The normalized spacial score (nSPS) is 11.8. The number of hydrogen-bond acceptors (Lipinski definition) is 4. The second-order valence-electron chi connectivity index (χ2n) is 4.22. The van der Waals surface area contributed by atoms with Crippen LogP contribution in [0.5, 0.6) is 11.5 Å². The molecule has 0 fully saturated rings. The summed E-state index contributed by atoms with van der Waals surface area (Å²) in [5.74, 6) is 0.297. The zero-order valence-corrected chi connectivity index (χ0v) is 12.6. The number of benzene rings is 2. The molecular weight excluding hydrogens is 291 g/mol. The molecule has 2 aromatic carbocycles. The molecule has 6 heteroatoms. The fourth-order valence-corrected chi connectivity index (χ4v) is 2.74. The van der Waals surface area contributed by atoms with Crippen LogP contribution in [0.2, 0.25) is 0 Å². The van der Waals surface area contributed by atoms with Gasteiger partial charge in [-0.1, -0.05) is 24.3 Å². The van der Waals surface area contributed by atoms with Gasteiger partial charge in [0.05, 0.1) is 14.2 Å². The van der Waals surface area contributed by atoms with Gasteiger partial charge in [0, 0.05) is 10.9 Å². The van der Waals surface area contributed by atoms with Crippen LogP contribution in [0.25, 0.3) is 0 Å². The zero-order chi connectivity index (χ0) is 15.4. The van der Waals surface area contributed by atoms with Crippen molar-refractivity contribution in [3.63, 3.8) is 0 Å². The van der Waals surface area contributed by atoms with Crippen molar-refractivity contribution in [2.24, 2.45) is 0 Å². The quantitative estimate of drug-likeness (QED) is 0.676. The molecule has 2 aromatic rings. The lowest BCUT2D eigenvalue weighted by atomic mass is 10.0. The summed E-state index contributed by atoms with van der Waals surface area (Å²) in [7, 11) is -0.0830. The Hall–Kier alpha value is -2.10. The predicted molar refractivity (Wildman–Crippen MR) is 80.3 cm³/mol. The molecule has 21 heavy (non-hydrogen) atoms. The van der Waals surface area contributed by atoms with Crippen LogP contribution in [0.3, 0.4) is 0 Å². The van der Waals surface area contributed by atoms with Crippen molar-refractivity contribution < 1.29 is 23.7 Å². The van der Waals surface area contributed by atoms with Crippen LogP contribution in [0.4, 0.5) is 0 Å². The molecule has 0 amide bonds. The fraction of sp³-hybridized carbons (Fsp3) is 0.133. The van der Waals surface area contributed by atoms with Crippen molar-refractivity contribution in [2.45, 2.75) is 0 Å². The second-order valence-corrected chi connectivity index (χ2v) is 5.37. The molecule has 0 spiro atoms. The van der Waals surface area contributed by atoms with Gasteiger partial charge in [-0.2, -0.15) is 0 Å². The van der Waals surface area contributed by atoms with E-state index in [1.807, 2.05) is 0 Å². The zero-order valence-electron chi connectivity index (χ0n) is 11.6. The van der Waals surface area contributed by atoms with Gasteiger partial charge in [0.15, 0.2) is 0 Å². The molecular formula is C15H15O5P. The molecule has 0 heterocycles. The number of ether oxygens (including phenoxy) is 2. The molecule has 0 bridgehead atoms. The number of carbonyl (C=O) groups excluding carboxylic acids is 1. The summed E-state index contributed by atoms with van der Waals surface area (Å²) >= 11 is 0. The van der Waals surface area contributed by atoms with Gasteiger partial charge >= 0.3 is 0 Å². The average molecular weight is 306 g/mol. The van der Waals surface area contributed by atoms with Crippen molar-refractivity contribution in [1.29, 1.82) is 0 Å². The van der Waals surface area contributed by atoms with Crippen LogP contribution < -0.4 is 14.8 Å². The predicted octanol–water partition coefficient (Wildman–Crippen LogP) is 2.03. The van der Waals surface area contributed by atoms with E-state index in [0.29, 0.717) is 11.5 Å². The lowest BCUT2D eigenvalue weighted by Crippen LogP contribution is -2.15. The molecule has 110 valence electrons. The minimum absolute atomic E-state index is 0.125. The highest BCUT2D eigenvalue weighted by atomic mass is 31.1. The van der Waals surface area contributed by atoms with E-state index in [0.717, 1.165) is 0 Å². The molecule has 5 nitrogen and oxygen atoms in total. The van der Waals surface area contributed by atoms with E-state index in [1.165, 1.54) is 26.4 Å². The van der Waals surface area contributed by atoms with E-state index in [4.69, 9.17) is 9.47 Å². The molecule has 0 radical (unpaired) electrons. The number of hydrogen-bond donors (Lipinski definition) is 1. The summed E-state index contributed by atoms with van der Waals surface area (Å²) in [6.07, 6.45) is 0. The highest BCUT2D eigenvalue weighted by Crippen LogP contribution is 2.31. The Morgan fingerprint density at radius 3 is 2.10 bits per heavy atom. The van der Waals surface area contributed by atoms with Crippen LogP contribution in [0.1, 0.15) is 15.9 Å². The Balaban J connectivity index is 2.63. The maximum atomic E-state index is 12.7. The summed E-state index contributed by atoms with van der Waals surface area (Å²) in [4.78, 5) is 22.1. The van der Waals surface area contributed by atoms with E-state index in [-0.39, 0.29) is 16.4 Å². The first-order valence-electron chi connectivity index (χ1n) is 6.18. The lowest BCUT2D eigenvalue weighted by molar-refractivity contribution is 0.103. The van der Waals surface area contributed by atoms with Crippen molar-refractivity contribution >= 4 is 19.1 Å². The Bertz CT molecular complexity index is 674. The summed E-state index contributed by atoms with van der Waals surface area (Å²) in [6, 6.07) is 11.2. The smallest absolute Gasteiger partial charge is 0.218 e. The van der Waals surface area contributed by atoms with E-state index < -0.39 is 13.8 Å². The third kappa shape index (κ3) is 2.99. The average Bonchev–Trinajstić information content (AvgIpc) is 2.53.